The number of benzene rings is 1. The standard InChI is InChI=1S/C18H16F3N3O3S/c19-18(20,21)11-26-13-8-6-12(7-9-13)22-15(25)4-1-5-16-23-17(24-27-16)14-3-2-10-28-14/h2-3,6-10H,1,4-5,11H2,(H,22,25). The predicted octanol–water partition coefficient (Wildman–Crippen LogP) is 4.70. The monoisotopic (exact) mass is 411 g/mol. The zero-order valence-corrected chi connectivity index (χ0v) is 15.3. The van der Waals surface area contributed by atoms with Crippen LogP contribution in [0.25, 0.3) is 10.7 Å². The molecular formula is C18H16F3N3O3S. The molecule has 148 valence electrons. The summed E-state index contributed by atoms with van der Waals surface area (Å²) in [6, 6.07) is 9.49. The molecule has 0 bridgehead atoms. The van der Waals surface area contributed by atoms with Gasteiger partial charge < -0.3 is 14.6 Å². The zero-order valence-electron chi connectivity index (χ0n) is 14.5. The van der Waals surface area contributed by atoms with E-state index in [1.54, 1.807) is 0 Å². The van der Waals surface area contributed by atoms with E-state index in [9.17, 15) is 18.0 Å². The molecule has 0 spiro atoms. The fraction of sp³-hybridized carbons (Fsp3) is 0.278. The molecule has 28 heavy (non-hydrogen) atoms. The second kappa shape index (κ2) is 8.87. The summed E-state index contributed by atoms with van der Waals surface area (Å²) in [5.41, 5.74) is 0.474. The number of hydrogen-bond donors (Lipinski definition) is 1. The first-order valence-electron chi connectivity index (χ1n) is 8.35. The first kappa shape index (κ1) is 19.9. The Morgan fingerprint density at radius 1 is 1.21 bits per heavy atom. The summed E-state index contributed by atoms with van der Waals surface area (Å²) < 4.78 is 46.1. The average molecular weight is 411 g/mol. The van der Waals surface area contributed by atoms with Gasteiger partial charge in [0.05, 0.1) is 4.88 Å². The summed E-state index contributed by atoms with van der Waals surface area (Å²) in [5.74, 6) is 0.847. The maximum absolute atomic E-state index is 12.1. The fourth-order valence-electron chi connectivity index (χ4n) is 2.29. The van der Waals surface area contributed by atoms with E-state index in [1.165, 1.54) is 35.6 Å². The Balaban J connectivity index is 1.41. The number of rotatable bonds is 8. The molecule has 0 unspecified atom stereocenters. The molecule has 0 aliphatic carbocycles. The van der Waals surface area contributed by atoms with Crippen molar-refractivity contribution in [3.8, 4) is 16.5 Å². The Morgan fingerprint density at radius 2 is 2.00 bits per heavy atom. The van der Waals surface area contributed by atoms with Gasteiger partial charge in [-0.25, -0.2) is 0 Å². The molecule has 0 aliphatic heterocycles. The highest BCUT2D eigenvalue weighted by molar-refractivity contribution is 7.13. The quantitative estimate of drug-likeness (QED) is 0.581. The van der Waals surface area contributed by atoms with Gasteiger partial charge >= 0.3 is 6.18 Å². The number of ether oxygens (including phenoxy) is 1. The molecule has 1 N–H and O–H groups in total. The van der Waals surface area contributed by atoms with Crippen LogP contribution in [0.4, 0.5) is 18.9 Å². The highest BCUT2D eigenvalue weighted by atomic mass is 32.1. The van der Waals surface area contributed by atoms with Gasteiger partial charge in [-0.2, -0.15) is 18.2 Å². The van der Waals surface area contributed by atoms with E-state index >= 15 is 0 Å². The molecule has 0 saturated carbocycles. The fourth-order valence-corrected chi connectivity index (χ4v) is 2.93. The first-order valence-corrected chi connectivity index (χ1v) is 9.23. The third-order valence-corrected chi connectivity index (χ3v) is 4.41. The van der Waals surface area contributed by atoms with Crippen LogP contribution in [0.2, 0.25) is 0 Å². The van der Waals surface area contributed by atoms with Crippen molar-refractivity contribution in [1.29, 1.82) is 0 Å². The van der Waals surface area contributed by atoms with E-state index in [0.717, 1.165) is 4.88 Å². The average Bonchev–Trinajstić information content (AvgIpc) is 3.32. The Morgan fingerprint density at radius 3 is 2.68 bits per heavy atom. The van der Waals surface area contributed by atoms with Crippen LogP contribution in [0.15, 0.2) is 46.3 Å². The second-order valence-corrected chi connectivity index (χ2v) is 6.77. The molecule has 0 fully saturated rings. The molecule has 10 heteroatoms. The molecule has 3 rings (SSSR count). The van der Waals surface area contributed by atoms with Gasteiger partial charge in [0.25, 0.3) is 0 Å². The van der Waals surface area contributed by atoms with Crippen LogP contribution in [0.1, 0.15) is 18.7 Å². The molecule has 0 atom stereocenters. The zero-order chi connectivity index (χ0) is 20.0. The number of thiophene rings is 1. The lowest BCUT2D eigenvalue weighted by molar-refractivity contribution is -0.153. The Kier molecular flexibility index (Phi) is 6.30. The van der Waals surface area contributed by atoms with E-state index in [4.69, 9.17) is 4.52 Å². The van der Waals surface area contributed by atoms with Gasteiger partial charge in [0, 0.05) is 18.5 Å². The Bertz CT molecular complexity index is 893. The van der Waals surface area contributed by atoms with Crippen molar-refractivity contribution in [3.63, 3.8) is 0 Å². The Hall–Kier alpha value is -2.88. The van der Waals surface area contributed by atoms with Crippen LogP contribution < -0.4 is 10.1 Å². The van der Waals surface area contributed by atoms with E-state index in [1.807, 2.05) is 17.5 Å². The molecule has 1 amide bonds. The highest BCUT2D eigenvalue weighted by Crippen LogP contribution is 2.22. The van der Waals surface area contributed by atoms with Crippen LogP contribution in [-0.4, -0.2) is 28.8 Å². The summed E-state index contributed by atoms with van der Waals surface area (Å²) in [6.07, 6.45) is -3.17. The summed E-state index contributed by atoms with van der Waals surface area (Å²) in [4.78, 5) is 17.2. The van der Waals surface area contributed by atoms with Gasteiger partial charge in [-0.05, 0) is 42.1 Å². The van der Waals surface area contributed by atoms with Gasteiger partial charge in [-0.3, -0.25) is 4.79 Å². The molecule has 0 saturated heterocycles. The molecule has 2 aromatic heterocycles. The third-order valence-electron chi connectivity index (χ3n) is 3.54. The summed E-state index contributed by atoms with van der Waals surface area (Å²) in [6.45, 7) is -1.36. The maximum atomic E-state index is 12.1. The summed E-state index contributed by atoms with van der Waals surface area (Å²) in [7, 11) is 0. The van der Waals surface area contributed by atoms with Crippen molar-refractivity contribution in [2.75, 3.05) is 11.9 Å². The number of nitrogens with one attached hydrogen (secondary N) is 1. The van der Waals surface area contributed by atoms with E-state index in [2.05, 4.69) is 20.2 Å². The van der Waals surface area contributed by atoms with Crippen LogP contribution in [0.5, 0.6) is 5.75 Å². The van der Waals surface area contributed by atoms with Crippen molar-refractivity contribution in [2.45, 2.75) is 25.4 Å². The lowest BCUT2D eigenvalue weighted by Gasteiger charge is -2.10. The molecule has 1 aromatic carbocycles. The van der Waals surface area contributed by atoms with Crippen molar-refractivity contribution in [2.24, 2.45) is 0 Å². The van der Waals surface area contributed by atoms with E-state index < -0.39 is 12.8 Å². The minimum Gasteiger partial charge on any atom is -0.484 e. The van der Waals surface area contributed by atoms with Crippen LogP contribution in [-0.2, 0) is 11.2 Å². The van der Waals surface area contributed by atoms with Crippen LogP contribution in [0.3, 0.4) is 0 Å². The molecule has 6 nitrogen and oxygen atoms in total. The number of halogens is 3. The number of alkyl halides is 3. The van der Waals surface area contributed by atoms with Crippen molar-refractivity contribution >= 4 is 22.9 Å². The van der Waals surface area contributed by atoms with Gasteiger partial charge in [0.1, 0.15) is 5.75 Å². The predicted molar refractivity (Wildman–Crippen MR) is 97.2 cm³/mol. The van der Waals surface area contributed by atoms with Crippen LogP contribution in [0, 0.1) is 0 Å². The minimum absolute atomic E-state index is 0.0771. The molecule has 3 aromatic rings. The van der Waals surface area contributed by atoms with Gasteiger partial charge in [0.2, 0.25) is 17.6 Å². The van der Waals surface area contributed by atoms with Crippen LogP contribution >= 0.6 is 11.3 Å². The number of nitrogens with zero attached hydrogens (tertiary/aromatic N) is 2. The lowest BCUT2D eigenvalue weighted by atomic mass is 10.2. The number of carbonyl (C=O) groups is 1. The second-order valence-electron chi connectivity index (χ2n) is 5.82. The van der Waals surface area contributed by atoms with Gasteiger partial charge in [-0.1, -0.05) is 11.2 Å². The van der Waals surface area contributed by atoms with Gasteiger partial charge in [-0.15, -0.1) is 11.3 Å². The minimum atomic E-state index is -4.39. The number of hydrogen-bond acceptors (Lipinski definition) is 6. The van der Waals surface area contributed by atoms with Crippen molar-refractivity contribution < 1.29 is 27.2 Å². The summed E-state index contributed by atoms with van der Waals surface area (Å²) >= 11 is 1.51. The molecular weight excluding hydrogens is 395 g/mol. The molecule has 2 heterocycles. The number of aromatic nitrogens is 2. The maximum Gasteiger partial charge on any atom is 0.422 e. The first-order chi connectivity index (χ1) is 13.4. The third kappa shape index (κ3) is 6.08. The number of aryl methyl sites for hydroxylation is 1. The van der Waals surface area contributed by atoms with Crippen molar-refractivity contribution in [3.05, 3.63) is 47.7 Å². The molecule has 0 radical (unpaired) electrons. The largest absolute Gasteiger partial charge is 0.484 e. The number of carbonyl (C=O) groups excluding carboxylic acids is 1. The topological polar surface area (TPSA) is 77.2 Å². The normalized spacial score (nSPS) is 11.4. The summed E-state index contributed by atoms with van der Waals surface area (Å²) in [5, 5.41) is 8.50. The number of anilines is 1. The lowest BCUT2D eigenvalue weighted by Crippen LogP contribution is -2.19. The van der Waals surface area contributed by atoms with Gasteiger partial charge in [0.15, 0.2) is 6.61 Å². The van der Waals surface area contributed by atoms with E-state index in [-0.39, 0.29) is 18.1 Å². The molecule has 0 aliphatic rings. The highest BCUT2D eigenvalue weighted by Gasteiger charge is 2.28. The Labute approximate surface area is 162 Å². The number of amides is 1. The van der Waals surface area contributed by atoms with Crippen molar-refractivity contribution in [1.82, 2.24) is 10.1 Å². The smallest absolute Gasteiger partial charge is 0.422 e. The van der Waals surface area contributed by atoms with E-state index in [0.29, 0.717) is 30.2 Å². The SMILES string of the molecule is O=C(CCCc1nc(-c2cccs2)no1)Nc1ccc(OCC(F)(F)F)cc1.